The van der Waals surface area contributed by atoms with Crippen molar-refractivity contribution in [3.63, 3.8) is 0 Å². The van der Waals surface area contributed by atoms with Crippen molar-refractivity contribution in [1.82, 2.24) is 5.32 Å². The minimum atomic E-state index is -0.940. The number of hydrogen-bond donors (Lipinski definition) is 2. The molecule has 1 aliphatic rings. The van der Waals surface area contributed by atoms with Crippen LogP contribution in [0.4, 0.5) is 0 Å². The van der Waals surface area contributed by atoms with E-state index < -0.39 is 5.97 Å². The molecule has 0 spiro atoms. The molecule has 2 rings (SSSR count). The van der Waals surface area contributed by atoms with Gasteiger partial charge in [0.1, 0.15) is 12.0 Å². The predicted molar refractivity (Wildman–Crippen MR) is 68.5 cm³/mol. The summed E-state index contributed by atoms with van der Waals surface area (Å²) in [5.41, 5.74) is 0.220. The van der Waals surface area contributed by atoms with Gasteiger partial charge in [0.05, 0.1) is 12.1 Å². The maximum atomic E-state index is 10.7. The molecule has 1 aliphatic carbocycles. The lowest BCUT2D eigenvalue weighted by atomic mass is 9.84. The Morgan fingerprint density at radius 2 is 2.22 bits per heavy atom. The lowest BCUT2D eigenvalue weighted by molar-refractivity contribution is 0.0696. The molecule has 4 heteroatoms. The summed E-state index contributed by atoms with van der Waals surface area (Å²) in [7, 11) is 0. The van der Waals surface area contributed by atoms with E-state index in [0.29, 0.717) is 18.3 Å². The van der Waals surface area contributed by atoms with Crippen LogP contribution in [0, 0.1) is 5.92 Å². The van der Waals surface area contributed by atoms with Crippen molar-refractivity contribution >= 4 is 5.97 Å². The molecule has 0 saturated heterocycles. The van der Waals surface area contributed by atoms with Gasteiger partial charge in [-0.2, -0.15) is 0 Å². The van der Waals surface area contributed by atoms with E-state index in [1.54, 1.807) is 6.07 Å². The zero-order chi connectivity index (χ0) is 13.0. The molecule has 1 aromatic rings. The third-order valence-corrected chi connectivity index (χ3v) is 3.86. The van der Waals surface area contributed by atoms with E-state index >= 15 is 0 Å². The largest absolute Gasteiger partial charge is 0.478 e. The summed E-state index contributed by atoms with van der Waals surface area (Å²) in [6.07, 6.45) is 7.93. The van der Waals surface area contributed by atoms with Crippen molar-refractivity contribution in [2.45, 2.75) is 51.6 Å². The minimum Gasteiger partial charge on any atom is -0.478 e. The van der Waals surface area contributed by atoms with E-state index in [1.807, 2.05) is 0 Å². The standard InChI is InChI=1S/C14H21NO3/c1-10(11-5-3-2-4-6-11)15-8-13-7-12(9-18-13)14(16)17/h7,9-11,15H,2-6,8H2,1H3,(H,16,17)/t10-/m0/s1. The Balaban J connectivity index is 1.80. The molecule has 0 bridgehead atoms. The van der Waals surface area contributed by atoms with Gasteiger partial charge < -0.3 is 14.8 Å². The Labute approximate surface area is 107 Å². The van der Waals surface area contributed by atoms with Gasteiger partial charge in [0.15, 0.2) is 0 Å². The van der Waals surface area contributed by atoms with Crippen LogP contribution in [-0.2, 0) is 6.54 Å². The Hall–Kier alpha value is -1.29. The molecular formula is C14H21NO3. The van der Waals surface area contributed by atoms with Crippen LogP contribution in [-0.4, -0.2) is 17.1 Å². The van der Waals surface area contributed by atoms with E-state index in [1.165, 1.54) is 38.4 Å². The second-order valence-electron chi connectivity index (χ2n) is 5.17. The fourth-order valence-electron chi connectivity index (χ4n) is 2.65. The second kappa shape index (κ2) is 6.05. The molecule has 0 aliphatic heterocycles. The van der Waals surface area contributed by atoms with Gasteiger partial charge in [0.25, 0.3) is 0 Å². The van der Waals surface area contributed by atoms with Crippen LogP contribution in [0.2, 0.25) is 0 Å². The fourth-order valence-corrected chi connectivity index (χ4v) is 2.65. The smallest absolute Gasteiger partial charge is 0.338 e. The van der Waals surface area contributed by atoms with Crippen LogP contribution in [0.25, 0.3) is 0 Å². The van der Waals surface area contributed by atoms with Gasteiger partial charge in [-0.15, -0.1) is 0 Å². The molecule has 4 nitrogen and oxygen atoms in total. The lowest BCUT2D eigenvalue weighted by Gasteiger charge is -2.28. The average Bonchev–Trinajstić information content (AvgIpc) is 2.86. The van der Waals surface area contributed by atoms with Crippen molar-refractivity contribution in [3.05, 3.63) is 23.7 Å². The Kier molecular flexibility index (Phi) is 4.42. The summed E-state index contributed by atoms with van der Waals surface area (Å²) in [6.45, 7) is 2.81. The van der Waals surface area contributed by atoms with Gasteiger partial charge in [-0.25, -0.2) is 4.79 Å². The van der Waals surface area contributed by atoms with Crippen molar-refractivity contribution in [2.75, 3.05) is 0 Å². The Morgan fingerprint density at radius 1 is 1.50 bits per heavy atom. The molecule has 1 fully saturated rings. The first kappa shape index (κ1) is 13.1. The van der Waals surface area contributed by atoms with Crippen molar-refractivity contribution in [1.29, 1.82) is 0 Å². The molecule has 1 aromatic heterocycles. The number of furan rings is 1. The third-order valence-electron chi connectivity index (χ3n) is 3.86. The van der Waals surface area contributed by atoms with Crippen LogP contribution < -0.4 is 5.32 Å². The summed E-state index contributed by atoms with van der Waals surface area (Å²) < 4.78 is 5.22. The molecular weight excluding hydrogens is 230 g/mol. The van der Waals surface area contributed by atoms with Gasteiger partial charge in [0, 0.05) is 6.04 Å². The number of hydrogen-bond acceptors (Lipinski definition) is 3. The number of carboxylic acid groups (broad SMARTS) is 1. The SMILES string of the molecule is C[C@H](NCc1cc(C(=O)O)co1)C1CCCCC1. The topological polar surface area (TPSA) is 62.5 Å². The van der Waals surface area contributed by atoms with Crippen LogP contribution in [0.1, 0.15) is 55.1 Å². The molecule has 0 aromatic carbocycles. The van der Waals surface area contributed by atoms with Crippen molar-refractivity contribution in [3.8, 4) is 0 Å². The first-order valence-electron chi connectivity index (χ1n) is 6.71. The summed E-state index contributed by atoms with van der Waals surface area (Å²) in [5.74, 6) is 0.494. The fraction of sp³-hybridized carbons (Fsp3) is 0.643. The summed E-state index contributed by atoms with van der Waals surface area (Å²) in [6, 6.07) is 2.05. The van der Waals surface area contributed by atoms with E-state index in [4.69, 9.17) is 9.52 Å². The average molecular weight is 251 g/mol. The molecule has 0 radical (unpaired) electrons. The number of rotatable bonds is 5. The monoisotopic (exact) mass is 251 g/mol. The highest BCUT2D eigenvalue weighted by atomic mass is 16.4. The Bertz CT molecular complexity index is 393. The molecule has 0 amide bonds. The number of carboxylic acids is 1. The summed E-state index contributed by atoms with van der Waals surface area (Å²) in [5, 5.41) is 12.2. The van der Waals surface area contributed by atoms with Gasteiger partial charge in [-0.05, 0) is 31.7 Å². The van der Waals surface area contributed by atoms with E-state index in [2.05, 4.69) is 12.2 Å². The maximum absolute atomic E-state index is 10.7. The normalized spacial score (nSPS) is 18.7. The highest BCUT2D eigenvalue weighted by molar-refractivity contribution is 5.87. The number of carbonyl (C=O) groups is 1. The maximum Gasteiger partial charge on any atom is 0.338 e. The Morgan fingerprint density at radius 3 is 2.83 bits per heavy atom. The summed E-state index contributed by atoms with van der Waals surface area (Å²) in [4.78, 5) is 10.7. The third kappa shape index (κ3) is 3.35. The molecule has 0 unspecified atom stereocenters. The van der Waals surface area contributed by atoms with E-state index in [9.17, 15) is 4.79 Å². The minimum absolute atomic E-state index is 0.220. The van der Waals surface area contributed by atoms with E-state index in [-0.39, 0.29) is 5.56 Å². The van der Waals surface area contributed by atoms with Crippen molar-refractivity contribution < 1.29 is 14.3 Å². The zero-order valence-corrected chi connectivity index (χ0v) is 10.8. The van der Waals surface area contributed by atoms with Crippen LogP contribution in [0.3, 0.4) is 0 Å². The quantitative estimate of drug-likeness (QED) is 0.844. The molecule has 1 heterocycles. The van der Waals surface area contributed by atoms with Gasteiger partial charge in [0.2, 0.25) is 0 Å². The van der Waals surface area contributed by atoms with Gasteiger partial charge >= 0.3 is 5.97 Å². The van der Waals surface area contributed by atoms with Crippen LogP contribution in [0.15, 0.2) is 16.7 Å². The molecule has 2 N–H and O–H groups in total. The molecule has 1 saturated carbocycles. The number of nitrogens with one attached hydrogen (secondary N) is 1. The first-order valence-corrected chi connectivity index (χ1v) is 6.71. The number of aromatic carboxylic acids is 1. The molecule has 1 atom stereocenters. The summed E-state index contributed by atoms with van der Waals surface area (Å²) >= 11 is 0. The van der Waals surface area contributed by atoms with Crippen molar-refractivity contribution in [2.24, 2.45) is 5.92 Å². The van der Waals surface area contributed by atoms with E-state index in [0.717, 1.165) is 5.92 Å². The van der Waals surface area contributed by atoms with Gasteiger partial charge in [-0.3, -0.25) is 0 Å². The van der Waals surface area contributed by atoms with Gasteiger partial charge in [-0.1, -0.05) is 19.3 Å². The highest BCUT2D eigenvalue weighted by Crippen LogP contribution is 2.26. The second-order valence-corrected chi connectivity index (χ2v) is 5.17. The predicted octanol–water partition coefficient (Wildman–Crippen LogP) is 3.04. The molecule has 18 heavy (non-hydrogen) atoms. The zero-order valence-electron chi connectivity index (χ0n) is 10.8. The first-order chi connectivity index (χ1) is 8.66. The van der Waals surface area contributed by atoms with Crippen LogP contribution >= 0.6 is 0 Å². The highest BCUT2D eigenvalue weighted by Gasteiger charge is 2.19. The molecule has 100 valence electrons. The van der Waals surface area contributed by atoms with Crippen LogP contribution in [0.5, 0.6) is 0 Å². The lowest BCUT2D eigenvalue weighted by Crippen LogP contribution is -2.34.